The van der Waals surface area contributed by atoms with Crippen LogP contribution < -0.4 is 5.32 Å². The van der Waals surface area contributed by atoms with E-state index in [9.17, 15) is 4.79 Å². The lowest BCUT2D eigenvalue weighted by atomic mass is 9.78. The van der Waals surface area contributed by atoms with Crippen LogP contribution in [0, 0.1) is 17.8 Å². The number of carboxylic acids is 1. The molecule has 0 aromatic heterocycles. The topological polar surface area (TPSA) is 64.9 Å². The molecule has 4 rings (SSSR count). The predicted octanol–water partition coefficient (Wildman–Crippen LogP) is 2.51. The van der Waals surface area contributed by atoms with E-state index in [1.807, 2.05) is 30.5 Å². The Bertz CT molecular complexity index is 846. The van der Waals surface area contributed by atoms with Crippen LogP contribution in [0.1, 0.15) is 24.8 Å². The third kappa shape index (κ3) is 3.48. The largest absolute Gasteiger partial charge is 0.481 e. The quantitative estimate of drug-likeness (QED) is 0.786. The number of likely N-dealkylation sites (tertiary alicyclic amines) is 1. The van der Waals surface area contributed by atoms with Gasteiger partial charge in [-0.3, -0.25) is 14.7 Å². The number of carboxylic acid groups (broad SMARTS) is 1. The van der Waals surface area contributed by atoms with E-state index in [4.69, 9.17) is 21.7 Å². The van der Waals surface area contributed by atoms with Crippen LogP contribution in [0.2, 0.25) is 5.02 Å². The number of nitrogens with one attached hydrogen (secondary N) is 1. The van der Waals surface area contributed by atoms with Crippen molar-refractivity contribution in [3.63, 3.8) is 0 Å². The van der Waals surface area contributed by atoms with Gasteiger partial charge in [-0.05, 0) is 30.9 Å². The zero-order chi connectivity index (χ0) is 18.1. The van der Waals surface area contributed by atoms with Crippen LogP contribution in [0.5, 0.6) is 0 Å². The van der Waals surface area contributed by atoms with E-state index in [0.717, 1.165) is 43.6 Å². The molecule has 2 heterocycles. The second kappa shape index (κ2) is 7.14. The Labute approximate surface area is 157 Å². The number of fused-ring (bicyclic) bond motifs is 1. The average molecular weight is 370 g/mol. The summed E-state index contributed by atoms with van der Waals surface area (Å²) >= 11 is 6.13. The number of benzene rings is 1. The van der Waals surface area contributed by atoms with E-state index < -0.39 is 5.97 Å². The van der Waals surface area contributed by atoms with Gasteiger partial charge in [-0.1, -0.05) is 29.7 Å². The zero-order valence-electron chi connectivity index (χ0n) is 14.3. The monoisotopic (exact) mass is 369 g/mol. The highest BCUT2D eigenvalue weighted by Gasteiger charge is 2.39. The van der Waals surface area contributed by atoms with Crippen LogP contribution >= 0.6 is 11.6 Å². The van der Waals surface area contributed by atoms with E-state index in [0.29, 0.717) is 11.1 Å². The second-order valence-electron chi connectivity index (χ2n) is 6.94. The van der Waals surface area contributed by atoms with Crippen LogP contribution in [0.4, 0.5) is 0 Å². The van der Waals surface area contributed by atoms with E-state index in [1.165, 1.54) is 5.57 Å². The number of hydrogen-bond acceptors (Lipinski definition) is 4. The van der Waals surface area contributed by atoms with Gasteiger partial charge in [0, 0.05) is 48.6 Å². The number of piperidine rings is 1. The molecule has 1 saturated heterocycles. The molecule has 2 fully saturated rings. The fraction of sp³-hybridized carbons (Fsp3) is 0.400. The maximum atomic E-state index is 11.0. The molecule has 5 nitrogen and oxygen atoms in total. The lowest BCUT2D eigenvalue weighted by Gasteiger charge is -2.44. The molecule has 2 N–H and O–H groups in total. The summed E-state index contributed by atoms with van der Waals surface area (Å²) in [6.07, 6.45) is 4.15. The van der Waals surface area contributed by atoms with E-state index in [2.05, 4.69) is 22.1 Å². The Hall–Kier alpha value is -2.29. The Morgan fingerprint density at radius 3 is 2.92 bits per heavy atom. The third-order valence-electron chi connectivity index (χ3n) is 5.28. The molecule has 1 atom stereocenters. The maximum absolute atomic E-state index is 11.0. The first-order valence-electron chi connectivity index (χ1n) is 8.85. The first-order valence-corrected chi connectivity index (χ1v) is 9.23. The Morgan fingerprint density at radius 1 is 1.35 bits per heavy atom. The summed E-state index contributed by atoms with van der Waals surface area (Å²) in [6.45, 7) is 1.76. The SMILES string of the molecule is O=C(O)C1CC(N2CCC3=NC(C#Cc4ccccc4Cl)NC=C3C2)C1. The summed E-state index contributed by atoms with van der Waals surface area (Å²) in [5, 5.41) is 12.9. The first-order chi connectivity index (χ1) is 12.6. The van der Waals surface area contributed by atoms with Crippen molar-refractivity contribution >= 4 is 23.3 Å². The first kappa shape index (κ1) is 17.1. The summed E-state index contributed by atoms with van der Waals surface area (Å²) in [5.74, 6) is 5.39. The van der Waals surface area contributed by atoms with Gasteiger partial charge in [-0.25, -0.2) is 0 Å². The summed E-state index contributed by atoms with van der Waals surface area (Å²) < 4.78 is 0. The van der Waals surface area contributed by atoms with Crippen molar-refractivity contribution in [2.75, 3.05) is 13.1 Å². The number of carbonyl (C=O) groups is 1. The molecule has 0 bridgehead atoms. The van der Waals surface area contributed by atoms with Crippen molar-refractivity contribution in [3.8, 4) is 11.8 Å². The van der Waals surface area contributed by atoms with Gasteiger partial charge < -0.3 is 10.4 Å². The molecule has 2 aliphatic heterocycles. The predicted molar refractivity (Wildman–Crippen MR) is 101 cm³/mol. The molecule has 1 aromatic carbocycles. The van der Waals surface area contributed by atoms with E-state index in [1.54, 1.807) is 0 Å². The van der Waals surface area contributed by atoms with Crippen LogP contribution in [-0.4, -0.2) is 47.0 Å². The van der Waals surface area contributed by atoms with Gasteiger partial charge in [0.2, 0.25) is 0 Å². The van der Waals surface area contributed by atoms with Crippen LogP contribution in [0.25, 0.3) is 0 Å². The van der Waals surface area contributed by atoms with Crippen LogP contribution in [0.15, 0.2) is 41.0 Å². The molecule has 0 spiro atoms. The fourth-order valence-corrected chi connectivity index (χ4v) is 3.81. The van der Waals surface area contributed by atoms with Gasteiger partial charge in [0.05, 0.1) is 10.9 Å². The molecular formula is C20H20ClN3O2. The molecule has 26 heavy (non-hydrogen) atoms. The highest BCUT2D eigenvalue weighted by molar-refractivity contribution is 6.31. The number of rotatable bonds is 2. The zero-order valence-corrected chi connectivity index (χ0v) is 15.0. The molecule has 0 amide bonds. The number of aliphatic imine (C=N–C) groups is 1. The molecule has 3 aliphatic rings. The van der Waals surface area contributed by atoms with Gasteiger partial charge >= 0.3 is 5.97 Å². The molecule has 1 aliphatic carbocycles. The number of nitrogens with zero attached hydrogens (tertiary/aromatic N) is 2. The minimum absolute atomic E-state index is 0.169. The molecule has 0 radical (unpaired) electrons. The molecule has 134 valence electrons. The molecule has 1 saturated carbocycles. The molecule has 1 unspecified atom stereocenters. The Kier molecular flexibility index (Phi) is 4.71. The standard InChI is InChI=1S/C20H20ClN3O2/c21-17-4-2-1-3-13(17)5-6-19-22-11-15-12-24(8-7-18(15)23-19)16-9-14(10-16)20(25)26/h1-4,11,14,16,19,22H,7-10,12H2,(H,25,26). The van der Waals surface area contributed by atoms with Crippen LogP contribution in [-0.2, 0) is 4.79 Å². The minimum atomic E-state index is -0.668. The van der Waals surface area contributed by atoms with Crippen molar-refractivity contribution in [1.82, 2.24) is 10.2 Å². The van der Waals surface area contributed by atoms with Gasteiger partial charge in [-0.15, -0.1) is 0 Å². The normalized spacial score (nSPS) is 27.7. The molecule has 6 heteroatoms. The maximum Gasteiger partial charge on any atom is 0.306 e. The lowest BCUT2D eigenvalue weighted by molar-refractivity contribution is -0.147. The summed E-state index contributed by atoms with van der Waals surface area (Å²) in [7, 11) is 0. The summed E-state index contributed by atoms with van der Waals surface area (Å²) in [6, 6.07) is 7.91. The molecule has 1 aromatic rings. The molecular weight excluding hydrogens is 350 g/mol. The highest BCUT2D eigenvalue weighted by atomic mass is 35.5. The van der Waals surface area contributed by atoms with Crippen molar-refractivity contribution in [2.45, 2.75) is 31.5 Å². The second-order valence-corrected chi connectivity index (χ2v) is 7.35. The number of halogens is 1. The Morgan fingerprint density at radius 2 is 2.15 bits per heavy atom. The van der Waals surface area contributed by atoms with Crippen molar-refractivity contribution in [2.24, 2.45) is 10.9 Å². The Balaban J connectivity index is 1.38. The summed E-state index contributed by atoms with van der Waals surface area (Å²) in [4.78, 5) is 18.1. The van der Waals surface area contributed by atoms with Gasteiger partial charge in [0.1, 0.15) is 0 Å². The van der Waals surface area contributed by atoms with Gasteiger partial charge in [-0.2, -0.15) is 0 Å². The smallest absolute Gasteiger partial charge is 0.306 e. The minimum Gasteiger partial charge on any atom is -0.481 e. The fourth-order valence-electron chi connectivity index (χ4n) is 3.63. The van der Waals surface area contributed by atoms with Gasteiger partial charge in [0.15, 0.2) is 6.17 Å². The van der Waals surface area contributed by atoms with Crippen molar-refractivity contribution in [1.29, 1.82) is 0 Å². The number of aliphatic carboxylic acids is 1. The lowest BCUT2D eigenvalue weighted by Crippen LogP contribution is -2.51. The van der Waals surface area contributed by atoms with Crippen molar-refractivity contribution < 1.29 is 9.90 Å². The average Bonchev–Trinajstić information content (AvgIpc) is 2.59. The third-order valence-corrected chi connectivity index (χ3v) is 5.61. The van der Waals surface area contributed by atoms with E-state index >= 15 is 0 Å². The van der Waals surface area contributed by atoms with Crippen LogP contribution in [0.3, 0.4) is 0 Å². The van der Waals surface area contributed by atoms with E-state index in [-0.39, 0.29) is 12.1 Å². The highest BCUT2D eigenvalue weighted by Crippen LogP contribution is 2.34. The van der Waals surface area contributed by atoms with Gasteiger partial charge in [0.25, 0.3) is 0 Å². The number of hydrogen-bond donors (Lipinski definition) is 2. The van der Waals surface area contributed by atoms with Crippen molar-refractivity contribution in [3.05, 3.63) is 46.6 Å². The summed E-state index contributed by atoms with van der Waals surface area (Å²) in [5.41, 5.74) is 3.09.